The third kappa shape index (κ3) is 2.65. The highest BCUT2D eigenvalue weighted by Crippen LogP contribution is 2.42. The van der Waals surface area contributed by atoms with E-state index in [0.29, 0.717) is 17.5 Å². The van der Waals surface area contributed by atoms with E-state index in [0.717, 1.165) is 5.25 Å². The molecule has 0 spiro atoms. The quantitative estimate of drug-likeness (QED) is 0.867. The lowest BCUT2D eigenvalue weighted by Gasteiger charge is -2.39. The van der Waals surface area contributed by atoms with Gasteiger partial charge >= 0.3 is 0 Å². The second-order valence-corrected chi connectivity index (χ2v) is 8.12. The van der Waals surface area contributed by atoms with Gasteiger partial charge in [0.2, 0.25) is 0 Å². The molecule has 1 aromatic rings. The fraction of sp³-hybridized carbons (Fsp3) is 0.667. The Labute approximate surface area is 127 Å². The predicted octanol–water partition coefficient (Wildman–Crippen LogP) is 4.67. The van der Waals surface area contributed by atoms with Crippen LogP contribution in [0, 0.1) is 0 Å². The third-order valence-corrected chi connectivity index (χ3v) is 6.46. The molecule has 0 amide bonds. The monoisotopic (exact) mass is 289 g/mol. The smallest absolute Gasteiger partial charge is 0.0326 e. The Hall–Kier alpha value is -0.470. The Balaban J connectivity index is 1.82. The van der Waals surface area contributed by atoms with Crippen molar-refractivity contribution in [1.82, 2.24) is 5.32 Å². The van der Waals surface area contributed by atoms with E-state index in [-0.39, 0.29) is 0 Å². The van der Waals surface area contributed by atoms with Gasteiger partial charge in [0.15, 0.2) is 0 Å². The largest absolute Gasteiger partial charge is 0.306 e. The summed E-state index contributed by atoms with van der Waals surface area (Å²) in [7, 11) is 0. The first kappa shape index (κ1) is 14.5. The Morgan fingerprint density at radius 3 is 2.75 bits per heavy atom. The molecule has 0 saturated heterocycles. The van der Waals surface area contributed by atoms with Crippen molar-refractivity contribution >= 4 is 11.8 Å². The molecule has 1 aromatic carbocycles. The zero-order chi connectivity index (χ0) is 14.2. The fourth-order valence-corrected chi connectivity index (χ4v) is 4.99. The Bertz CT molecular complexity index is 468. The van der Waals surface area contributed by atoms with Crippen molar-refractivity contribution in [2.45, 2.75) is 68.7 Å². The molecule has 0 bridgehead atoms. The van der Waals surface area contributed by atoms with Crippen LogP contribution in [0.1, 0.15) is 63.1 Å². The predicted molar refractivity (Wildman–Crippen MR) is 89.5 cm³/mol. The summed E-state index contributed by atoms with van der Waals surface area (Å²) in [4.78, 5) is 0. The molecule has 1 fully saturated rings. The Morgan fingerprint density at radius 1 is 1.15 bits per heavy atom. The average molecular weight is 289 g/mol. The van der Waals surface area contributed by atoms with Crippen molar-refractivity contribution < 1.29 is 0 Å². The summed E-state index contributed by atoms with van der Waals surface area (Å²) in [6.45, 7) is 4.78. The maximum atomic E-state index is 3.99. The normalized spacial score (nSPS) is 32.0. The van der Waals surface area contributed by atoms with Crippen molar-refractivity contribution in [2.24, 2.45) is 0 Å². The molecule has 1 saturated carbocycles. The third-order valence-electron chi connectivity index (χ3n) is 5.29. The molecule has 2 aliphatic rings. The Morgan fingerprint density at radius 2 is 1.95 bits per heavy atom. The van der Waals surface area contributed by atoms with Gasteiger partial charge in [-0.2, -0.15) is 11.8 Å². The molecule has 110 valence electrons. The van der Waals surface area contributed by atoms with Crippen molar-refractivity contribution in [1.29, 1.82) is 0 Å². The standard InChI is InChI=1S/C18H27NS/c1-18(2)12-11-15(13-7-4-5-8-14(13)18)19-16-9-6-10-17(16)20-3/h4-5,7-8,15-17,19H,6,9-12H2,1-3H3. The summed E-state index contributed by atoms with van der Waals surface area (Å²) < 4.78 is 0. The van der Waals surface area contributed by atoms with Crippen LogP contribution in [-0.2, 0) is 5.41 Å². The highest BCUT2D eigenvalue weighted by molar-refractivity contribution is 7.99. The van der Waals surface area contributed by atoms with Gasteiger partial charge in [0, 0.05) is 17.3 Å². The molecule has 1 nitrogen and oxygen atoms in total. The van der Waals surface area contributed by atoms with Crippen molar-refractivity contribution in [3.8, 4) is 0 Å². The maximum absolute atomic E-state index is 3.99. The highest BCUT2D eigenvalue weighted by atomic mass is 32.2. The van der Waals surface area contributed by atoms with Crippen LogP contribution < -0.4 is 5.32 Å². The number of fused-ring (bicyclic) bond motifs is 1. The van der Waals surface area contributed by atoms with E-state index >= 15 is 0 Å². The zero-order valence-electron chi connectivity index (χ0n) is 13.0. The van der Waals surface area contributed by atoms with Gasteiger partial charge in [-0.05, 0) is 48.5 Å². The molecule has 1 N–H and O–H groups in total. The van der Waals surface area contributed by atoms with Crippen molar-refractivity contribution in [3.63, 3.8) is 0 Å². The van der Waals surface area contributed by atoms with Gasteiger partial charge in [-0.15, -0.1) is 0 Å². The minimum atomic E-state index is 0.337. The van der Waals surface area contributed by atoms with Gasteiger partial charge < -0.3 is 5.32 Å². The number of hydrogen-bond donors (Lipinski definition) is 1. The summed E-state index contributed by atoms with van der Waals surface area (Å²) in [6.07, 6.45) is 8.97. The van der Waals surface area contributed by atoms with E-state index in [9.17, 15) is 0 Å². The van der Waals surface area contributed by atoms with Crippen LogP contribution in [0.4, 0.5) is 0 Å². The molecular formula is C18H27NS. The summed E-state index contributed by atoms with van der Waals surface area (Å²) in [5.41, 5.74) is 3.45. The van der Waals surface area contributed by atoms with E-state index in [1.165, 1.54) is 32.1 Å². The molecule has 20 heavy (non-hydrogen) atoms. The van der Waals surface area contributed by atoms with Gasteiger partial charge in [0.05, 0.1) is 0 Å². The minimum absolute atomic E-state index is 0.337. The molecule has 3 unspecified atom stereocenters. The number of rotatable bonds is 3. The number of benzene rings is 1. The molecule has 0 aromatic heterocycles. The minimum Gasteiger partial charge on any atom is -0.306 e. The van der Waals surface area contributed by atoms with Gasteiger partial charge in [0.25, 0.3) is 0 Å². The van der Waals surface area contributed by atoms with E-state index in [4.69, 9.17) is 0 Å². The van der Waals surface area contributed by atoms with Gasteiger partial charge in [-0.3, -0.25) is 0 Å². The van der Waals surface area contributed by atoms with Crippen LogP contribution in [0.3, 0.4) is 0 Å². The lowest BCUT2D eigenvalue weighted by molar-refractivity contribution is 0.335. The second kappa shape index (κ2) is 5.73. The summed E-state index contributed by atoms with van der Waals surface area (Å²) in [5.74, 6) is 0. The van der Waals surface area contributed by atoms with E-state index in [1.54, 1.807) is 11.1 Å². The molecule has 0 aliphatic heterocycles. The number of nitrogens with one attached hydrogen (secondary N) is 1. The number of thioether (sulfide) groups is 1. The van der Waals surface area contributed by atoms with Crippen LogP contribution in [0.5, 0.6) is 0 Å². The van der Waals surface area contributed by atoms with Gasteiger partial charge in [-0.25, -0.2) is 0 Å². The Kier molecular flexibility index (Phi) is 4.14. The summed E-state index contributed by atoms with van der Waals surface area (Å²) in [6, 6.07) is 10.4. The lowest BCUT2D eigenvalue weighted by atomic mass is 9.71. The molecule has 2 heteroatoms. The van der Waals surface area contributed by atoms with Gasteiger partial charge in [-0.1, -0.05) is 44.5 Å². The van der Waals surface area contributed by atoms with Crippen LogP contribution in [0.15, 0.2) is 24.3 Å². The molecule has 3 atom stereocenters. The molecule has 2 aliphatic carbocycles. The first-order valence-electron chi connectivity index (χ1n) is 8.00. The first-order chi connectivity index (χ1) is 9.62. The number of hydrogen-bond acceptors (Lipinski definition) is 2. The molecule has 3 rings (SSSR count). The van der Waals surface area contributed by atoms with Gasteiger partial charge in [0.1, 0.15) is 0 Å². The lowest BCUT2D eigenvalue weighted by Crippen LogP contribution is -2.40. The van der Waals surface area contributed by atoms with E-state index in [1.807, 2.05) is 11.8 Å². The van der Waals surface area contributed by atoms with Crippen LogP contribution in [0.25, 0.3) is 0 Å². The first-order valence-corrected chi connectivity index (χ1v) is 9.29. The van der Waals surface area contributed by atoms with Crippen LogP contribution in [0.2, 0.25) is 0 Å². The SMILES string of the molecule is CSC1CCCC1NC1CCC(C)(C)c2ccccc21. The fourth-order valence-electron chi connectivity index (χ4n) is 4.04. The van der Waals surface area contributed by atoms with Crippen LogP contribution in [-0.4, -0.2) is 17.5 Å². The van der Waals surface area contributed by atoms with E-state index in [2.05, 4.69) is 49.7 Å². The maximum Gasteiger partial charge on any atom is 0.0326 e. The molecular weight excluding hydrogens is 262 g/mol. The van der Waals surface area contributed by atoms with Crippen molar-refractivity contribution in [2.75, 3.05) is 6.26 Å². The average Bonchev–Trinajstić information content (AvgIpc) is 2.90. The second-order valence-electron chi connectivity index (χ2n) is 7.04. The molecule has 0 radical (unpaired) electrons. The van der Waals surface area contributed by atoms with Crippen LogP contribution >= 0.6 is 11.8 Å². The summed E-state index contributed by atoms with van der Waals surface area (Å²) in [5, 5.41) is 4.81. The zero-order valence-corrected chi connectivity index (χ0v) is 13.8. The molecule has 0 heterocycles. The highest BCUT2D eigenvalue weighted by Gasteiger charge is 2.35. The van der Waals surface area contributed by atoms with E-state index < -0.39 is 0 Å². The van der Waals surface area contributed by atoms with Crippen molar-refractivity contribution in [3.05, 3.63) is 35.4 Å². The topological polar surface area (TPSA) is 12.0 Å². The summed E-state index contributed by atoms with van der Waals surface area (Å²) >= 11 is 2.05.